The smallest absolute Gasteiger partial charge is 0.180 e. The van der Waals surface area contributed by atoms with E-state index in [1.807, 2.05) is 10.6 Å². The number of rotatable bonds is 10. The first-order valence-corrected chi connectivity index (χ1v) is 6.96. The monoisotopic (exact) mass is 294 g/mol. The van der Waals surface area contributed by atoms with Gasteiger partial charge in [-0.05, 0) is 12.8 Å². The molecule has 8 heteroatoms. The fourth-order valence-corrected chi connectivity index (χ4v) is 1.90. The number of methoxy groups -OCH3 is 1. The van der Waals surface area contributed by atoms with Crippen molar-refractivity contribution < 1.29 is 9.47 Å². The summed E-state index contributed by atoms with van der Waals surface area (Å²) in [5.74, 6) is 6.72. The van der Waals surface area contributed by atoms with E-state index >= 15 is 0 Å². The van der Waals surface area contributed by atoms with Crippen LogP contribution in [-0.4, -0.2) is 47.8 Å². The van der Waals surface area contributed by atoms with Crippen LogP contribution >= 0.6 is 0 Å². The summed E-state index contributed by atoms with van der Waals surface area (Å²) in [4.78, 5) is 8.65. The molecule has 0 saturated heterocycles. The van der Waals surface area contributed by atoms with E-state index in [-0.39, 0.29) is 0 Å². The molecular weight excluding hydrogens is 272 g/mol. The maximum Gasteiger partial charge on any atom is 0.180 e. The quantitative estimate of drug-likeness (QED) is 0.340. The van der Waals surface area contributed by atoms with Crippen molar-refractivity contribution in [3.63, 3.8) is 0 Å². The van der Waals surface area contributed by atoms with Crippen LogP contribution in [0.2, 0.25) is 0 Å². The van der Waals surface area contributed by atoms with Crippen molar-refractivity contribution in [3.05, 3.63) is 18.6 Å². The van der Waals surface area contributed by atoms with Gasteiger partial charge in [-0.2, -0.15) is 0 Å². The average molecular weight is 294 g/mol. The SMILES string of the molecule is COCCOCCCCNc1nc(NN)cn2ccnc12. The minimum absolute atomic E-state index is 0.589. The summed E-state index contributed by atoms with van der Waals surface area (Å²) in [7, 11) is 1.67. The summed E-state index contributed by atoms with van der Waals surface area (Å²) in [6.07, 6.45) is 7.34. The van der Waals surface area contributed by atoms with Crippen LogP contribution in [0.25, 0.3) is 5.65 Å². The first kappa shape index (κ1) is 15.5. The van der Waals surface area contributed by atoms with Gasteiger partial charge >= 0.3 is 0 Å². The van der Waals surface area contributed by atoms with Gasteiger partial charge in [0.15, 0.2) is 17.3 Å². The van der Waals surface area contributed by atoms with Crippen LogP contribution in [0.4, 0.5) is 11.6 Å². The van der Waals surface area contributed by atoms with Crippen molar-refractivity contribution in [3.8, 4) is 0 Å². The summed E-state index contributed by atoms with van der Waals surface area (Å²) in [6.45, 7) is 2.82. The molecule has 0 aromatic carbocycles. The number of nitrogens with one attached hydrogen (secondary N) is 2. The number of fused-ring (bicyclic) bond motifs is 1. The predicted molar refractivity (Wildman–Crippen MR) is 81.2 cm³/mol. The van der Waals surface area contributed by atoms with Gasteiger partial charge in [-0.1, -0.05) is 0 Å². The molecule has 2 rings (SSSR count). The minimum atomic E-state index is 0.589. The summed E-state index contributed by atoms with van der Waals surface area (Å²) in [5.41, 5.74) is 3.33. The Bertz CT molecular complexity index is 544. The van der Waals surface area contributed by atoms with Gasteiger partial charge in [0, 0.05) is 32.7 Å². The van der Waals surface area contributed by atoms with E-state index in [9.17, 15) is 0 Å². The van der Waals surface area contributed by atoms with Gasteiger partial charge in [0.05, 0.1) is 19.4 Å². The van der Waals surface area contributed by atoms with E-state index in [1.165, 1.54) is 0 Å². The lowest BCUT2D eigenvalue weighted by molar-refractivity contribution is 0.0691. The molecule has 2 aromatic rings. The second-order valence-electron chi connectivity index (χ2n) is 4.52. The van der Waals surface area contributed by atoms with Crippen molar-refractivity contribution in [2.75, 3.05) is 44.2 Å². The third-order valence-electron chi connectivity index (χ3n) is 2.96. The Balaban J connectivity index is 1.76. The number of ether oxygens (including phenoxy) is 2. The molecule has 0 unspecified atom stereocenters. The molecule has 0 radical (unpaired) electrons. The molecule has 2 aromatic heterocycles. The number of hydrogen-bond acceptors (Lipinski definition) is 7. The zero-order chi connectivity index (χ0) is 14.9. The summed E-state index contributed by atoms with van der Waals surface area (Å²) in [6, 6.07) is 0. The maximum absolute atomic E-state index is 5.41. The van der Waals surface area contributed by atoms with Crippen LogP contribution in [0.5, 0.6) is 0 Å². The molecule has 0 aliphatic rings. The van der Waals surface area contributed by atoms with E-state index in [4.69, 9.17) is 15.3 Å². The van der Waals surface area contributed by atoms with E-state index in [0.717, 1.165) is 37.5 Å². The highest BCUT2D eigenvalue weighted by atomic mass is 16.5. The van der Waals surface area contributed by atoms with Crippen molar-refractivity contribution in [2.24, 2.45) is 5.84 Å². The third kappa shape index (κ3) is 4.55. The zero-order valence-electron chi connectivity index (χ0n) is 12.2. The molecule has 8 nitrogen and oxygen atoms in total. The molecule has 116 valence electrons. The molecule has 0 fully saturated rings. The Morgan fingerprint density at radius 3 is 3.00 bits per heavy atom. The zero-order valence-corrected chi connectivity index (χ0v) is 12.2. The lowest BCUT2D eigenvalue weighted by Gasteiger charge is -2.09. The van der Waals surface area contributed by atoms with Crippen LogP contribution in [0.3, 0.4) is 0 Å². The van der Waals surface area contributed by atoms with Crippen LogP contribution in [0, 0.1) is 0 Å². The van der Waals surface area contributed by atoms with Gasteiger partial charge < -0.3 is 24.6 Å². The van der Waals surface area contributed by atoms with E-state index in [0.29, 0.717) is 19.0 Å². The molecule has 0 atom stereocenters. The Hall–Kier alpha value is -1.90. The summed E-state index contributed by atoms with van der Waals surface area (Å²) >= 11 is 0. The van der Waals surface area contributed by atoms with Crippen LogP contribution in [0.1, 0.15) is 12.8 Å². The lowest BCUT2D eigenvalue weighted by atomic mass is 10.3. The number of nitrogens with two attached hydrogens (primary N) is 1. The Morgan fingerprint density at radius 1 is 1.29 bits per heavy atom. The van der Waals surface area contributed by atoms with Crippen LogP contribution in [0.15, 0.2) is 18.6 Å². The fraction of sp³-hybridized carbons (Fsp3) is 0.538. The highest BCUT2D eigenvalue weighted by molar-refractivity contribution is 5.65. The van der Waals surface area contributed by atoms with Gasteiger partial charge in [0.25, 0.3) is 0 Å². The number of hydrogen-bond donors (Lipinski definition) is 3. The summed E-state index contributed by atoms with van der Waals surface area (Å²) < 4.78 is 12.2. The molecule has 0 saturated carbocycles. The second kappa shape index (κ2) is 8.40. The number of anilines is 2. The van der Waals surface area contributed by atoms with Crippen molar-refractivity contribution in [1.82, 2.24) is 14.4 Å². The molecule has 0 aliphatic heterocycles. The van der Waals surface area contributed by atoms with E-state index < -0.39 is 0 Å². The molecule has 0 aliphatic carbocycles. The minimum Gasteiger partial charge on any atom is -0.382 e. The van der Waals surface area contributed by atoms with Gasteiger partial charge in [-0.15, -0.1) is 0 Å². The molecule has 0 spiro atoms. The molecule has 4 N–H and O–H groups in total. The Labute approximate surface area is 123 Å². The van der Waals surface area contributed by atoms with E-state index in [1.54, 1.807) is 19.5 Å². The first-order chi connectivity index (χ1) is 10.3. The van der Waals surface area contributed by atoms with Crippen LogP contribution in [-0.2, 0) is 9.47 Å². The van der Waals surface area contributed by atoms with Crippen molar-refractivity contribution >= 4 is 17.3 Å². The topological polar surface area (TPSA) is 98.7 Å². The average Bonchev–Trinajstić information content (AvgIpc) is 2.98. The number of nitrogens with zero attached hydrogens (tertiary/aromatic N) is 3. The highest BCUT2D eigenvalue weighted by Crippen LogP contribution is 2.15. The van der Waals surface area contributed by atoms with Gasteiger partial charge in [-0.25, -0.2) is 15.8 Å². The second-order valence-corrected chi connectivity index (χ2v) is 4.52. The number of aromatic nitrogens is 3. The summed E-state index contributed by atoms with van der Waals surface area (Å²) in [5, 5.41) is 3.28. The number of unbranched alkanes of at least 4 members (excludes halogenated alkanes) is 1. The first-order valence-electron chi connectivity index (χ1n) is 6.96. The Kier molecular flexibility index (Phi) is 6.20. The molecule has 2 heterocycles. The van der Waals surface area contributed by atoms with Crippen molar-refractivity contribution in [2.45, 2.75) is 12.8 Å². The number of hydrazine groups is 1. The van der Waals surface area contributed by atoms with Gasteiger partial charge in [0.1, 0.15) is 0 Å². The molecule has 21 heavy (non-hydrogen) atoms. The third-order valence-corrected chi connectivity index (χ3v) is 2.96. The lowest BCUT2D eigenvalue weighted by Crippen LogP contribution is -2.13. The van der Waals surface area contributed by atoms with Crippen LogP contribution < -0.4 is 16.6 Å². The standard InChI is InChI=1S/C13H22N6O2/c1-20-8-9-21-7-3-2-4-15-12-13-16-5-6-19(13)10-11(17-12)18-14/h5-6,10,18H,2-4,7-9,14H2,1H3,(H,15,17). The maximum atomic E-state index is 5.41. The molecular formula is C13H22N6O2. The normalized spacial score (nSPS) is 11.0. The van der Waals surface area contributed by atoms with Gasteiger partial charge in [-0.3, -0.25) is 0 Å². The Morgan fingerprint density at radius 2 is 2.19 bits per heavy atom. The fourth-order valence-electron chi connectivity index (χ4n) is 1.90. The highest BCUT2D eigenvalue weighted by Gasteiger charge is 2.06. The van der Waals surface area contributed by atoms with Gasteiger partial charge in [0.2, 0.25) is 0 Å². The van der Waals surface area contributed by atoms with E-state index in [2.05, 4.69) is 20.7 Å². The molecule has 0 amide bonds. The number of nitrogen functional groups attached to an aromatic ring is 1. The number of imidazole rings is 1. The van der Waals surface area contributed by atoms with Crippen molar-refractivity contribution in [1.29, 1.82) is 0 Å². The largest absolute Gasteiger partial charge is 0.382 e. The molecule has 0 bridgehead atoms. The predicted octanol–water partition coefficient (Wildman–Crippen LogP) is 0.870.